The molecule has 0 spiro atoms. The Labute approximate surface area is 99.2 Å². The summed E-state index contributed by atoms with van der Waals surface area (Å²) in [5.74, 6) is 0. The van der Waals surface area contributed by atoms with E-state index in [0.29, 0.717) is 6.04 Å². The highest BCUT2D eigenvalue weighted by Crippen LogP contribution is 2.06. The number of aromatic nitrogens is 2. The number of nitrogens with one attached hydrogen (secondary N) is 1. The molecule has 0 aromatic carbocycles. The van der Waals surface area contributed by atoms with Gasteiger partial charge in [0.2, 0.25) is 0 Å². The lowest BCUT2D eigenvalue weighted by Gasteiger charge is -2.12. The summed E-state index contributed by atoms with van der Waals surface area (Å²) in [6, 6.07) is 2.81. The van der Waals surface area contributed by atoms with Crippen molar-refractivity contribution in [3.8, 4) is 0 Å². The summed E-state index contributed by atoms with van der Waals surface area (Å²) in [6.45, 7) is 10.7. The largest absolute Gasteiger partial charge is 0.309 e. The molecule has 1 aromatic rings. The molecule has 16 heavy (non-hydrogen) atoms. The third-order valence-electron chi connectivity index (χ3n) is 2.93. The van der Waals surface area contributed by atoms with E-state index < -0.39 is 0 Å². The van der Waals surface area contributed by atoms with Gasteiger partial charge < -0.3 is 5.32 Å². The number of rotatable bonds is 7. The van der Waals surface area contributed by atoms with Crippen LogP contribution < -0.4 is 5.32 Å². The summed E-state index contributed by atoms with van der Waals surface area (Å²) in [5.41, 5.74) is 2.50. The molecule has 0 bridgehead atoms. The van der Waals surface area contributed by atoms with Crippen LogP contribution in [-0.2, 0) is 19.5 Å². The van der Waals surface area contributed by atoms with Crippen molar-refractivity contribution in [3.63, 3.8) is 0 Å². The van der Waals surface area contributed by atoms with Crippen molar-refractivity contribution in [2.75, 3.05) is 0 Å². The molecule has 92 valence electrons. The molecule has 0 aliphatic carbocycles. The van der Waals surface area contributed by atoms with Gasteiger partial charge in [-0.3, -0.25) is 4.68 Å². The Morgan fingerprint density at radius 2 is 2.12 bits per heavy atom. The minimum Gasteiger partial charge on any atom is -0.309 e. The molecule has 1 N–H and O–H groups in total. The minimum atomic E-state index is 0.593. The van der Waals surface area contributed by atoms with E-state index in [4.69, 9.17) is 0 Å². The molecule has 0 saturated heterocycles. The average molecular weight is 223 g/mol. The van der Waals surface area contributed by atoms with Gasteiger partial charge in [-0.15, -0.1) is 0 Å². The van der Waals surface area contributed by atoms with Gasteiger partial charge in [0.05, 0.1) is 11.4 Å². The third-order valence-corrected chi connectivity index (χ3v) is 2.93. The fourth-order valence-electron chi connectivity index (χ4n) is 1.92. The Kier molecular flexibility index (Phi) is 5.53. The molecule has 1 aromatic heterocycles. The van der Waals surface area contributed by atoms with Gasteiger partial charge in [-0.25, -0.2) is 0 Å². The molecule has 0 saturated carbocycles. The van der Waals surface area contributed by atoms with E-state index in [1.54, 1.807) is 0 Å². The van der Waals surface area contributed by atoms with Crippen LogP contribution in [0, 0.1) is 0 Å². The van der Waals surface area contributed by atoms with E-state index in [0.717, 1.165) is 19.5 Å². The smallest absolute Gasteiger partial charge is 0.0625 e. The monoisotopic (exact) mass is 223 g/mol. The summed E-state index contributed by atoms with van der Waals surface area (Å²) in [7, 11) is 0. The number of nitrogens with zero attached hydrogens (tertiary/aromatic N) is 2. The summed E-state index contributed by atoms with van der Waals surface area (Å²) >= 11 is 0. The summed E-state index contributed by atoms with van der Waals surface area (Å²) in [6.07, 6.45) is 3.49. The molecular weight excluding hydrogens is 198 g/mol. The fourth-order valence-corrected chi connectivity index (χ4v) is 1.92. The zero-order valence-electron chi connectivity index (χ0n) is 11.1. The van der Waals surface area contributed by atoms with E-state index in [-0.39, 0.29) is 0 Å². The van der Waals surface area contributed by atoms with Crippen LogP contribution in [0.1, 0.15) is 51.9 Å². The fraction of sp³-hybridized carbons (Fsp3) is 0.769. The molecule has 1 atom stereocenters. The van der Waals surface area contributed by atoms with Crippen LogP contribution in [0.4, 0.5) is 0 Å². The predicted octanol–water partition coefficient (Wildman–Crippen LogP) is 2.74. The molecule has 1 rings (SSSR count). The molecule has 1 heterocycles. The van der Waals surface area contributed by atoms with E-state index in [2.05, 4.69) is 48.9 Å². The molecule has 0 amide bonds. The van der Waals surface area contributed by atoms with Crippen LogP contribution in [0.15, 0.2) is 6.07 Å². The first kappa shape index (κ1) is 13.2. The van der Waals surface area contributed by atoms with Crippen LogP contribution >= 0.6 is 0 Å². The van der Waals surface area contributed by atoms with Crippen molar-refractivity contribution in [2.45, 2.75) is 66.1 Å². The Hall–Kier alpha value is -0.830. The first-order valence-electron chi connectivity index (χ1n) is 6.50. The molecule has 3 nitrogen and oxygen atoms in total. The van der Waals surface area contributed by atoms with Crippen molar-refractivity contribution in [1.82, 2.24) is 15.1 Å². The predicted molar refractivity (Wildman–Crippen MR) is 68.5 cm³/mol. The van der Waals surface area contributed by atoms with Gasteiger partial charge in [0.15, 0.2) is 0 Å². The Morgan fingerprint density at radius 3 is 2.69 bits per heavy atom. The highest BCUT2D eigenvalue weighted by atomic mass is 15.3. The maximum Gasteiger partial charge on any atom is 0.0625 e. The maximum absolute atomic E-state index is 4.55. The van der Waals surface area contributed by atoms with Crippen molar-refractivity contribution in [2.24, 2.45) is 0 Å². The molecule has 0 fully saturated rings. The molecular formula is C13H25N3. The molecule has 0 radical (unpaired) electrons. The highest BCUT2D eigenvalue weighted by Gasteiger charge is 2.06. The van der Waals surface area contributed by atoms with E-state index in [1.165, 1.54) is 24.2 Å². The van der Waals surface area contributed by atoms with Gasteiger partial charge in [0, 0.05) is 19.1 Å². The molecule has 3 heteroatoms. The number of hydrogen-bond acceptors (Lipinski definition) is 2. The van der Waals surface area contributed by atoms with Gasteiger partial charge in [0.25, 0.3) is 0 Å². The second-order valence-electron chi connectivity index (χ2n) is 4.37. The summed E-state index contributed by atoms with van der Waals surface area (Å²) in [4.78, 5) is 0. The van der Waals surface area contributed by atoms with Gasteiger partial charge in [-0.1, -0.05) is 20.3 Å². The van der Waals surface area contributed by atoms with Crippen molar-refractivity contribution < 1.29 is 0 Å². The van der Waals surface area contributed by atoms with Gasteiger partial charge in [-0.2, -0.15) is 5.10 Å². The Balaban J connectivity index is 2.54. The third kappa shape index (κ3) is 3.63. The van der Waals surface area contributed by atoms with Crippen LogP contribution in [-0.4, -0.2) is 15.8 Å². The van der Waals surface area contributed by atoms with Gasteiger partial charge in [0.1, 0.15) is 0 Å². The van der Waals surface area contributed by atoms with Crippen LogP contribution in [0.3, 0.4) is 0 Å². The van der Waals surface area contributed by atoms with Crippen molar-refractivity contribution >= 4 is 0 Å². The Bertz CT molecular complexity index is 304. The zero-order chi connectivity index (χ0) is 12.0. The second-order valence-corrected chi connectivity index (χ2v) is 4.37. The summed E-state index contributed by atoms with van der Waals surface area (Å²) in [5, 5.41) is 8.10. The number of hydrogen-bond donors (Lipinski definition) is 1. The summed E-state index contributed by atoms with van der Waals surface area (Å²) < 4.78 is 2.10. The zero-order valence-corrected chi connectivity index (χ0v) is 11.1. The Morgan fingerprint density at radius 1 is 1.38 bits per heavy atom. The average Bonchev–Trinajstić information content (AvgIpc) is 2.69. The van der Waals surface area contributed by atoms with Crippen LogP contribution in [0.5, 0.6) is 0 Å². The first-order chi connectivity index (χ1) is 7.71. The molecule has 0 aliphatic rings. The minimum absolute atomic E-state index is 0.593. The van der Waals surface area contributed by atoms with E-state index >= 15 is 0 Å². The van der Waals surface area contributed by atoms with Gasteiger partial charge in [-0.05, 0) is 32.8 Å². The normalized spacial score (nSPS) is 13.0. The van der Waals surface area contributed by atoms with Crippen LogP contribution in [0.2, 0.25) is 0 Å². The van der Waals surface area contributed by atoms with Crippen molar-refractivity contribution in [3.05, 3.63) is 17.5 Å². The number of aryl methyl sites for hydroxylation is 2. The lowest BCUT2D eigenvalue weighted by atomic mass is 10.2. The standard InChI is InChI=1S/C13H25N3/c1-5-8-11(4)14-10-13-9-12(6-2)15-16(13)7-3/h9,11,14H,5-8,10H2,1-4H3. The quantitative estimate of drug-likeness (QED) is 0.770. The molecule has 1 unspecified atom stereocenters. The second kappa shape index (κ2) is 6.69. The topological polar surface area (TPSA) is 29.9 Å². The van der Waals surface area contributed by atoms with Crippen LogP contribution in [0.25, 0.3) is 0 Å². The van der Waals surface area contributed by atoms with E-state index in [1.807, 2.05) is 0 Å². The first-order valence-corrected chi connectivity index (χ1v) is 6.50. The van der Waals surface area contributed by atoms with E-state index in [9.17, 15) is 0 Å². The molecule has 0 aliphatic heterocycles. The van der Waals surface area contributed by atoms with Crippen molar-refractivity contribution in [1.29, 1.82) is 0 Å². The lowest BCUT2D eigenvalue weighted by Crippen LogP contribution is -2.26. The maximum atomic E-state index is 4.55. The SMILES string of the molecule is CCCC(C)NCc1cc(CC)nn1CC. The lowest BCUT2D eigenvalue weighted by molar-refractivity contribution is 0.487. The highest BCUT2D eigenvalue weighted by molar-refractivity contribution is 5.10. The van der Waals surface area contributed by atoms with Gasteiger partial charge >= 0.3 is 0 Å².